The van der Waals surface area contributed by atoms with Gasteiger partial charge in [-0.2, -0.15) is 0 Å². The molecule has 0 bridgehead atoms. The summed E-state index contributed by atoms with van der Waals surface area (Å²) in [5.41, 5.74) is 0. The van der Waals surface area contributed by atoms with Crippen molar-refractivity contribution in [3.8, 4) is 5.75 Å². The molecule has 0 unspecified atom stereocenters. The molecule has 0 fully saturated rings. The second kappa shape index (κ2) is 5.86. The molecule has 0 amide bonds. The van der Waals surface area contributed by atoms with E-state index in [1.165, 1.54) is 0 Å². The van der Waals surface area contributed by atoms with Crippen molar-refractivity contribution in [2.24, 2.45) is 0 Å². The van der Waals surface area contributed by atoms with Gasteiger partial charge in [-0.1, -0.05) is 18.2 Å². The van der Waals surface area contributed by atoms with Crippen LogP contribution in [0.3, 0.4) is 0 Å². The van der Waals surface area contributed by atoms with E-state index >= 15 is 0 Å². The molecule has 0 aliphatic carbocycles. The van der Waals surface area contributed by atoms with Crippen LogP contribution in [0.25, 0.3) is 0 Å². The average molecular weight is 157 g/mol. The van der Waals surface area contributed by atoms with Gasteiger partial charge in [0.25, 0.3) is 0 Å². The van der Waals surface area contributed by atoms with Crippen LogP contribution in [0.4, 0.5) is 0 Å². The fourth-order valence-electron chi connectivity index (χ4n) is 0.428. The van der Waals surface area contributed by atoms with Crippen LogP contribution in [-0.4, -0.2) is 5.11 Å². The van der Waals surface area contributed by atoms with Gasteiger partial charge in [0.05, 0.1) is 0 Å². The number of hydrogen-bond donors (Lipinski definition) is 1. The second-order valence-electron chi connectivity index (χ2n) is 1.34. The van der Waals surface area contributed by atoms with E-state index in [-0.39, 0.29) is 0 Å². The van der Waals surface area contributed by atoms with Crippen LogP contribution in [-0.2, 0) is 20.4 Å². The number of phenolic OH excluding ortho intramolecular Hbond substituents is 1. The second-order valence-corrected chi connectivity index (χ2v) is 1.34. The van der Waals surface area contributed by atoms with E-state index in [1.54, 1.807) is 24.3 Å². The van der Waals surface area contributed by atoms with Gasteiger partial charge in [-0.25, -0.2) is 0 Å². The van der Waals surface area contributed by atoms with Crippen molar-refractivity contribution in [1.82, 2.24) is 0 Å². The molecule has 2 heteroatoms. The minimum absolute atomic E-state index is 0.322. The Morgan fingerprint density at radius 1 is 1.11 bits per heavy atom. The van der Waals surface area contributed by atoms with Gasteiger partial charge >= 0.3 is 25.7 Å². The number of hydrogen-bond acceptors (Lipinski definition) is 1. The Labute approximate surface area is 67.1 Å². The van der Waals surface area contributed by atoms with Gasteiger partial charge in [0, 0.05) is 0 Å². The topological polar surface area (TPSA) is 20.2 Å². The first kappa shape index (κ1) is 8.73. The average Bonchev–Trinajstić information content (AvgIpc) is 1.94. The first-order valence-electron chi connectivity index (χ1n) is 2.63. The molecule has 1 aromatic rings. The zero-order valence-electron chi connectivity index (χ0n) is 5.33. The Bertz CT molecular complexity index is 139. The van der Waals surface area contributed by atoms with Gasteiger partial charge in [0.2, 0.25) is 0 Å². The summed E-state index contributed by atoms with van der Waals surface area (Å²) in [5, 5.41) is 10.6. The van der Waals surface area contributed by atoms with E-state index in [1.807, 2.05) is 31.7 Å². The molecular weight excluding hydrogens is 148 g/mol. The minimum atomic E-state index is 0.322. The van der Waals surface area contributed by atoms with Gasteiger partial charge < -0.3 is 5.11 Å². The van der Waals surface area contributed by atoms with E-state index in [0.717, 1.165) is 0 Å². The van der Waals surface area contributed by atoms with Crippen LogP contribution in [0.15, 0.2) is 30.3 Å². The van der Waals surface area contributed by atoms with Crippen molar-refractivity contribution in [2.45, 2.75) is 5.23 Å². The van der Waals surface area contributed by atoms with Crippen LogP contribution in [0.1, 0.15) is 0 Å². The summed E-state index contributed by atoms with van der Waals surface area (Å²) in [4.78, 5) is 0. The Balaban J connectivity index is 0.000000291. The summed E-state index contributed by atoms with van der Waals surface area (Å²) in [6, 6.07) is 8.71. The predicted molar refractivity (Wildman–Crippen MR) is 34.0 cm³/mol. The van der Waals surface area contributed by atoms with Gasteiger partial charge in [0.1, 0.15) is 5.75 Å². The van der Waals surface area contributed by atoms with Gasteiger partial charge in [-0.15, -0.1) is 0 Å². The molecule has 1 rings (SSSR count). The zero-order valence-corrected chi connectivity index (χ0v) is 6.90. The zero-order chi connectivity index (χ0) is 7.11. The molecule has 0 saturated carbocycles. The van der Waals surface area contributed by atoms with Crippen molar-refractivity contribution >= 4 is 0 Å². The predicted octanol–water partition coefficient (Wildman–Crippen LogP) is 1.97. The van der Waals surface area contributed by atoms with E-state index < -0.39 is 0 Å². The van der Waals surface area contributed by atoms with Crippen molar-refractivity contribution < 1.29 is 25.5 Å². The summed E-state index contributed by atoms with van der Waals surface area (Å²) in [5.74, 6) is 0.322. The fourth-order valence-corrected chi connectivity index (χ4v) is 0.428. The number of rotatable bonds is 0. The molecule has 0 radical (unpaired) electrons. The van der Waals surface area contributed by atoms with Gasteiger partial charge in [-0.05, 0) is 12.1 Å². The number of aromatic hydroxyl groups is 1. The molecular formula is C7H9OTi. The van der Waals surface area contributed by atoms with E-state index in [4.69, 9.17) is 5.11 Å². The van der Waals surface area contributed by atoms with Crippen molar-refractivity contribution in [2.75, 3.05) is 0 Å². The Hall–Kier alpha value is -0.266. The van der Waals surface area contributed by atoms with E-state index in [0.29, 0.717) is 5.75 Å². The molecule has 0 spiro atoms. The number of para-hydroxylation sites is 1. The molecule has 0 atom stereocenters. The first-order valence-corrected chi connectivity index (χ1v) is 4.20. The maximum absolute atomic E-state index is 8.63. The third-order valence-electron chi connectivity index (χ3n) is 0.756. The van der Waals surface area contributed by atoms with Gasteiger partial charge in [-0.3, -0.25) is 0 Å². The molecule has 1 aromatic carbocycles. The summed E-state index contributed by atoms with van der Waals surface area (Å²) in [7, 11) is 0. The van der Waals surface area contributed by atoms with Crippen molar-refractivity contribution in [3.63, 3.8) is 0 Å². The van der Waals surface area contributed by atoms with Crippen LogP contribution in [0.5, 0.6) is 5.75 Å². The number of benzene rings is 1. The van der Waals surface area contributed by atoms with Crippen LogP contribution in [0, 0.1) is 0 Å². The Morgan fingerprint density at radius 3 is 1.78 bits per heavy atom. The third kappa shape index (κ3) is 4.25. The molecule has 47 valence electrons. The Kier molecular flexibility index (Phi) is 5.69. The molecule has 0 heterocycles. The molecule has 9 heavy (non-hydrogen) atoms. The van der Waals surface area contributed by atoms with E-state index in [9.17, 15) is 0 Å². The van der Waals surface area contributed by atoms with Crippen molar-refractivity contribution in [3.05, 3.63) is 30.3 Å². The monoisotopic (exact) mass is 157 g/mol. The number of phenols is 1. The molecule has 0 saturated heterocycles. The van der Waals surface area contributed by atoms with Gasteiger partial charge in [0.15, 0.2) is 0 Å². The molecule has 0 aliphatic heterocycles. The summed E-state index contributed by atoms with van der Waals surface area (Å²) in [6.45, 7) is 0. The summed E-state index contributed by atoms with van der Waals surface area (Å²) < 4.78 is 0. The van der Waals surface area contributed by atoms with E-state index in [2.05, 4.69) is 0 Å². The Morgan fingerprint density at radius 2 is 1.56 bits per heavy atom. The quantitative estimate of drug-likeness (QED) is 0.570. The molecule has 1 nitrogen and oxygen atoms in total. The van der Waals surface area contributed by atoms with Crippen LogP contribution >= 0.6 is 0 Å². The van der Waals surface area contributed by atoms with Crippen molar-refractivity contribution in [1.29, 1.82) is 0 Å². The SMILES string of the molecule is Oc1ccccc1.[CH3][Ti]. The molecule has 1 N–H and O–H groups in total. The summed E-state index contributed by atoms with van der Waals surface area (Å²) in [6.07, 6.45) is 0. The molecule has 0 aromatic heterocycles. The standard InChI is InChI=1S/C6H6O.CH3.Ti/c7-6-4-2-1-3-5-6;;/h1-5,7H;1H3;. The maximum atomic E-state index is 8.63. The first-order chi connectivity index (χ1) is 4.39. The van der Waals surface area contributed by atoms with Crippen LogP contribution < -0.4 is 0 Å². The summed E-state index contributed by atoms with van der Waals surface area (Å²) >= 11 is 2.00. The normalized spacial score (nSPS) is 7.11. The fraction of sp³-hybridized carbons (Fsp3) is 0.143. The molecule has 0 aliphatic rings. The van der Waals surface area contributed by atoms with Crippen LogP contribution in [0.2, 0.25) is 5.23 Å². The third-order valence-corrected chi connectivity index (χ3v) is 0.756.